The molecule has 1 aliphatic rings. The second-order valence-corrected chi connectivity index (χ2v) is 6.75. The number of hydrogen-bond donors (Lipinski definition) is 1. The number of urea groups is 1. The minimum atomic E-state index is -0.164. The number of hydrogen-bond acceptors (Lipinski definition) is 6. The molecular weight excluding hydrogens is 348 g/mol. The van der Waals surface area contributed by atoms with E-state index in [1.807, 2.05) is 30.0 Å². The van der Waals surface area contributed by atoms with Gasteiger partial charge >= 0.3 is 6.03 Å². The monoisotopic (exact) mass is 374 g/mol. The van der Waals surface area contributed by atoms with Crippen LogP contribution in [0.4, 0.5) is 4.79 Å². The highest BCUT2D eigenvalue weighted by Crippen LogP contribution is 2.30. The Morgan fingerprint density at radius 3 is 2.78 bits per heavy atom. The van der Waals surface area contributed by atoms with E-state index in [1.54, 1.807) is 21.1 Å². The molecule has 0 radical (unpaired) electrons. The number of carbonyl (C=O) groups is 1. The summed E-state index contributed by atoms with van der Waals surface area (Å²) in [6, 6.07) is 5.38. The van der Waals surface area contributed by atoms with E-state index >= 15 is 0 Å². The van der Waals surface area contributed by atoms with Gasteiger partial charge in [0, 0.05) is 13.1 Å². The van der Waals surface area contributed by atoms with Gasteiger partial charge in [0.1, 0.15) is 0 Å². The SMILES string of the molecule is COc1ccc([C@@H](C)NC(=O)N2CCC[C@H](c3nc(C)no3)C2)cc1OC. The van der Waals surface area contributed by atoms with E-state index in [-0.39, 0.29) is 18.0 Å². The Hall–Kier alpha value is -2.77. The van der Waals surface area contributed by atoms with E-state index in [1.165, 1.54) is 0 Å². The van der Waals surface area contributed by atoms with Crippen molar-refractivity contribution in [3.05, 3.63) is 35.5 Å². The number of likely N-dealkylation sites (tertiary alicyclic amines) is 1. The number of aryl methyl sites for hydroxylation is 1. The first-order chi connectivity index (χ1) is 13.0. The molecule has 1 fully saturated rings. The molecule has 1 aromatic carbocycles. The summed E-state index contributed by atoms with van der Waals surface area (Å²) in [7, 11) is 3.19. The van der Waals surface area contributed by atoms with Crippen LogP contribution in [0.5, 0.6) is 11.5 Å². The summed E-state index contributed by atoms with van der Waals surface area (Å²) in [6.45, 7) is 5.04. The van der Waals surface area contributed by atoms with E-state index in [0.29, 0.717) is 36.3 Å². The standard InChI is InChI=1S/C19H26N4O4/c1-12(14-7-8-16(25-3)17(10-14)26-4)20-19(24)23-9-5-6-15(11-23)18-21-13(2)22-27-18/h7-8,10,12,15H,5-6,9,11H2,1-4H3,(H,20,24)/t12-,15+/m1/s1. The molecular formula is C19H26N4O4. The summed E-state index contributed by atoms with van der Waals surface area (Å²) >= 11 is 0. The van der Waals surface area contributed by atoms with Gasteiger partial charge < -0.3 is 24.2 Å². The molecule has 8 nitrogen and oxygen atoms in total. The molecule has 1 saturated heterocycles. The predicted molar refractivity (Wildman–Crippen MR) is 99.1 cm³/mol. The Kier molecular flexibility index (Phi) is 5.83. The quantitative estimate of drug-likeness (QED) is 0.865. The maximum absolute atomic E-state index is 12.7. The second-order valence-electron chi connectivity index (χ2n) is 6.75. The Morgan fingerprint density at radius 2 is 2.11 bits per heavy atom. The van der Waals surface area contributed by atoms with Gasteiger partial charge in [0.15, 0.2) is 17.3 Å². The number of nitrogens with zero attached hydrogens (tertiary/aromatic N) is 3. The maximum atomic E-state index is 12.7. The molecule has 1 aromatic heterocycles. The number of ether oxygens (including phenoxy) is 2. The van der Waals surface area contributed by atoms with Crippen molar-refractivity contribution < 1.29 is 18.8 Å². The van der Waals surface area contributed by atoms with E-state index in [4.69, 9.17) is 14.0 Å². The molecule has 0 saturated carbocycles. The normalized spacial score (nSPS) is 18.1. The molecule has 8 heteroatoms. The van der Waals surface area contributed by atoms with Crippen LogP contribution in [0.2, 0.25) is 0 Å². The maximum Gasteiger partial charge on any atom is 0.317 e. The van der Waals surface area contributed by atoms with Crippen molar-refractivity contribution in [2.24, 2.45) is 0 Å². The number of methoxy groups -OCH3 is 2. The van der Waals surface area contributed by atoms with Crippen LogP contribution < -0.4 is 14.8 Å². The average molecular weight is 374 g/mol. The first kappa shape index (κ1) is 19.0. The first-order valence-electron chi connectivity index (χ1n) is 9.09. The van der Waals surface area contributed by atoms with Crippen LogP contribution in [0, 0.1) is 6.92 Å². The van der Waals surface area contributed by atoms with Crippen LogP contribution in [0.1, 0.15) is 49.0 Å². The van der Waals surface area contributed by atoms with Crippen molar-refractivity contribution in [1.82, 2.24) is 20.4 Å². The highest BCUT2D eigenvalue weighted by molar-refractivity contribution is 5.75. The van der Waals surface area contributed by atoms with Crippen LogP contribution in [0.25, 0.3) is 0 Å². The largest absolute Gasteiger partial charge is 0.493 e. The molecule has 27 heavy (non-hydrogen) atoms. The zero-order chi connectivity index (χ0) is 19.4. The third-order valence-corrected chi connectivity index (χ3v) is 4.85. The predicted octanol–water partition coefficient (Wildman–Crippen LogP) is 3.05. The highest BCUT2D eigenvalue weighted by Gasteiger charge is 2.29. The van der Waals surface area contributed by atoms with Gasteiger partial charge in [-0.3, -0.25) is 0 Å². The second kappa shape index (κ2) is 8.28. The van der Waals surface area contributed by atoms with Crippen LogP contribution in [-0.2, 0) is 0 Å². The van der Waals surface area contributed by atoms with E-state index < -0.39 is 0 Å². The van der Waals surface area contributed by atoms with Crippen LogP contribution in [0.3, 0.4) is 0 Å². The zero-order valence-electron chi connectivity index (χ0n) is 16.2. The number of rotatable bonds is 5. The molecule has 0 unspecified atom stereocenters. The molecule has 1 N–H and O–H groups in total. The van der Waals surface area contributed by atoms with Crippen molar-refractivity contribution in [3.63, 3.8) is 0 Å². The summed E-state index contributed by atoms with van der Waals surface area (Å²) in [5.74, 6) is 2.61. The molecule has 146 valence electrons. The van der Waals surface area contributed by atoms with E-state index in [0.717, 1.165) is 18.4 Å². The van der Waals surface area contributed by atoms with Crippen LogP contribution in [0.15, 0.2) is 22.7 Å². The van der Waals surface area contributed by atoms with E-state index in [9.17, 15) is 4.79 Å². The number of nitrogens with one attached hydrogen (secondary N) is 1. The van der Waals surface area contributed by atoms with Gasteiger partial charge in [-0.1, -0.05) is 11.2 Å². The summed E-state index contributed by atoms with van der Waals surface area (Å²) in [4.78, 5) is 18.9. The topological polar surface area (TPSA) is 89.7 Å². The van der Waals surface area contributed by atoms with Crippen molar-refractivity contribution in [1.29, 1.82) is 0 Å². The summed E-state index contributed by atoms with van der Waals surface area (Å²) < 4.78 is 15.9. The van der Waals surface area contributed by atoms with Crippen molar-refractivity contribution in [2.75, 3.05) is 27.3 Å². The molecule has 2 atom stereocenters. The summed E-state index contributed by atoms with van der Waals surface area (Å²) in [5, 5.41) is 6.91. The molecule has 0 spiro atoms. The third-order valence-electron chi connectivity index (χ3n) is 4.85. The summed E-state index contributed by atoms with van der Waals surface area (Å²) in [5.41, 5.74) is 0.946. The van der Waals surface area contributed by atoms with Gasteiger partial charge in [-0.25, -0.2) is 4.79 Å². The fraction of sp³-hybridized carbons (Fsp3) is 0.526. The number of aromatic nitrogens is 2. The van der Waals surface area contributed by atoms with Crippen molar-refractivity contribution in [3.8, 4) is 11.5 Å². The van der Waals surface area contributed by atoms with Gasteiger partial charge in [0.05, 0.1) is 26.2 Å². The lowest BCUT2D eigenvalue weighted by atomic mass is 9.98. The number of benzene rings is 1. The Labute approximate surface area is 158 Å². The number of piperidine rings is 1. The third kappa shape index (κ3) is 4.32. The average Bonchev–Trinajstić information content (AvgIpc) is 3.13. The van der Waals surface area contributed by atoms with Gasteiger partial charge in [-0.05, 0) is 44.4 Å². The van der Waals surface area contributed by atoms with Gasteiger partial charge in [-0.15, -0.1) is 0 Å². The molecule has 0 bridgehead atoms. The molecule has 3 rings (SSSR count). The fourth-order valence-electron chi connectivity index (χ4n) is 3.32. The minimum absolute atomic E-state index is 0.0853. The lowest BCUT2D eigenvalue weighted by Gasteiger charge is -2.32. The highest BCUT2D eigenvalue weighted by atomic mass is 16.5. The Balaban J connectivity index is 1.64. The minimum Gasteiger partial charge on any atom is -0.493 e. The molecule has 2 aromatic rings. The molecule has 2 amide bonds. The smallest absolute Gasteiger partial charge is 0.317 e. The van der Waals surface area contributed by atoms with Crippen LogP contribution >= 0.6 is 0 Å². The van der Waals surface area contributed by atoms with Gasteiger partial charge in [0.25, 0.3) is 0 Å². The number of amides is 2. The Bertz CT molecular complexity index is 792. The van der Waals surface area contributed by atoms with Gasteiger partial charge in [0.2, 0.25) is 5.89 Å². The van der Waals surface area contributed by atoms with Crippen molar-refractivity contribution >= 4 is 6.03 Å². The lowest BCUT2D eigenvalue weighted by Crippen LogP contribution is -2.45. The Morgan fingerprint density at radius 1 is 1.33 bits per heavy atom. The van der Waals surface area contributed by atoms with Crippen LogP contribution in [-0.4, -0.2) is 48.4 Å². The summed E-state index contributed by atoms with van der Waals surface area (Å²) in [6.07, 6.45) is 1.85. The van der Waals surface area contributed by atoms with Gasteiger partial charge in [-0.2, -0.15) is 4.98 Å². The zero-order valence-corrected chi connectivity index (χ0v) is 16.2. The molecule has 0 aliphatic carbocycles. The van der Waals surface area contributed by atoms with Crippen molar-refractivity contribution in [2.45, 2.75) is 38.6 Å². The van der Waals surface area contributed by atoms with E-state index in [2.05, 4.69) is 15.5 Å². The number of carbonyl (C=O) groups excluding carboxylic acids is 1. The molecule has 1 aliphatic heterocycles. The lowest BCUT2D eigenvalue weighted by molar-refractivity contribution is 0.169. The molecule has 2 heterocycles. The fourth-order valence-corrected chi connectivity index (χ4v) is 3.32. The first-order valence-corrected chi connectivity index (χ1v) is 9.09.